The number of fused-ring (bicyclic) bond motifs is 1. The number of rotatable bonds is 8. The van der Waals surface area contributed by atoms with E-state index in [1.165, 1.54) is 19.8 Å². The van der Waals surface area contributed by atoms with E-state index < -0.39 is 5.97 Å². The van der Waals surface area contributed by atoms with Crippen LogP contribution in [0.1, 0.15) is 28.5 Å². The summed E-state index contributed by atoms with van der Waals surface area (Å²) in [4.78, 5) is 29.0. The number of nitrogens with one attached hydrogen (secondary N) is 2. The second-order valence-corrected chi connectivity index (χ2v) is 6.87. The van der Waals surface area contributed by atoms with E-state index in [1.807, 2.05) is 6.07 Å². The minimum atomic E-state index is -0.561. The van der Waals surface area contributed by atoms with Gasteiger partial charge in [-0.2, -0.15) is 0 Å². The Labute approximate surface area is 175 Å². The van der Waals surface area contributed by atoms with Crippen LogP contribution in [0.3, 0.4) is 0 Å². The number of carbonyl (C=O) groups is 2. The Hall–Kier alpha value is -3.39. The molecule has 0 aliphatic rings. The highest BCUT2D eigenvalue weighted by Crippen LogP contribution is 2.31. The van der Waals surface area contributed by atoms with Crippen LogP contribution < -0.4 is 10.6 Å². The zero-order valence-electron chi connectivity index (χ0n) is 17.6. The summed E-state index contributed by atoms with van der Waals surface area (Å²) in [6.45, 7) is 2.62. The van der Waals surface area contributed by atoms with Crippen LogP contribution in [-0.2, 0) is 34.3 Å². The Bertz CT molecular complexity index is 1060. The molecule has 8 heteroatoms. The minimum absolute atomic E-state index is 0.129. The maximum atomic E-state index is 12.3. The number of amides is 1. The third kappa shape index (κ3) is 4.44. The van der Waals surface area contributed by atoms with Gasteiger partial charge in [-0.15, -0.1) is 0 Å². The van der Waals surface area contributed by atoms with E-state index in [2.05, 4.69) is 46.8 Å². The fraction of sp³-hybridized carbons (Fsp3) is 0.318. The van der Waals surface area contributed by atoms with Crippen molar-refractivity contribution in [3.63, 3.8) is 0 Å². The number of hydrogen-bond acceptors (Lipinski definition) is 6. The molecule has 0 fully saturated rings. The number of esters is 1. The molecule has 0 saturated carbocycles. The molecule has 0 unspecified atom stereocenters. The van der Waals surface area contributed by atoms with Crippen molar-refractivity contribution in [1.82, 2.24) is 9.55 Å². The number of hydrogen-bond donors (Lipinski definition) is 2. The molecule has 30 heavy (non-hydrogen) atoms. The van der Waals surface area contributed by atoms with Crippen molar-refractivity contribution in [2.24, 2.45) is 7.05 Å². The Balaban J connectivity index is 1.94. The molecule has 0 bridgehead atoms. The average molecular weight is 410 g/mol. The van der Waals surface area contributed by atoms with E-state index in [0.29, 0.717) is 23.3 Å². The van der Waals surface area contributed by atoms with Crippen LogP contribution in [0.2, 0.25) is 0 Å². The summed E-state index contributed by atoms with van der Waals surface area (Å²) in [5, 5.41) is 6.73. The zero-order valence-corrected chi connectivity index (χ0v) is 17.6. The molecule has 8 nitrogen and oxygen atoms in total. The Kier molecular flexibility index (Phi) is 6.68. The second kappa shape index (κ2) is 9.41. The van der Waals surface area contributed by atoms with E-state index in [0.717, 1.165) is 17.7 Å². The van der Waals surface area contributed by atoms with E-state index in [-0.39, 0.29) is 18.2 Å². The van der Waals surface area contributed by atoms with Crippen molar-refractivity contribution in [2.75, 3.05) is 31.5 Å². The van der Waals surface area contributed by atoms with Crippen molar-refractivity contribution in [2.45, 2.75) is 19.9 Å². The predicted molar refractivity (Wildman–Crippen MR) is 116 cm³/mol. The number of benzene rings is 1. The largest absolute Gasteiger partial charge is 0.464 e. The molecule has 0 atom stereocenters. The van der Waals surface area contributed by atoms with Crippen LogP contribution in [0, 0.1) is 0 Å². The van der Waals surface area contributed by atoms with Gasteiger partial charge in [-0.25, -0.2) is 9.78 Å². The third-order valence-corrected chi connectivity index (χ3v) is 4.87. The highest BCUT2D eigenvalue weighted by molar-refractivity contribution is 6.11. The quantitative estimate of drug-likeness (QED) is 0.554. The van der Waals surface area contributed by atoms with E-state index in [9.17, 15) is 9.59 Å². The highest BCUT2D eigenvalue weighted by atomic mass is 16.5. The van der Waals surface area contributed by atoms with Gasteiger partial charge in [0.25, 0.3) is 0 Å². The first-order valence-corrected chi connectivity index (χ1v) is 9.65. The third-order valence-electron chi connectivity index (χ3n) is 4.87. The molecule has 1 amide bonds. The number of nitrogens with zero attached hydrogens (tertiary/aromatic N) is 2. The van der Waals surface area contributed by atoms with E-state index in [4.69, 9.17) is 9.47 Å². The lowest BCUT2D eigenvalue weighted by Crippen LogP contribution is -2.19. The van der Waals surface area contributed by atoms with Crippen LogP contribution in [0.4, 0.5) is 11.4 Å². The standard InChI is InChI=1S/C22H26N4O4/c1-5-14-6-8-15(9-7-14)11-23-16-10-17-19(25-18(27)13-29-3)20(22(28)30-4)26(2)21(17)24-12-16/h6-10,12,23H,5,11,13H2,1-4H3,(H,25,27). The summed E-state index contributed by atoms with van der Waals surface area (Å²) in [5.41, 5.74) is 4.33. The van der Waals surface area contributed by atoms with Crippen molar-refractivity contribution < 1.29 is 19.1 Å². The van der Waals surface area contributed by atoms with Gasteiger partial charge in [-0.1, -0.05) is 31.2 Å². The number of carbonyl (C=O) groups excluding carboxylic acids is 2. The summed E-state index contributed by atoms with van der Waals surface area (Å²) >= 11 is 0. The Morgan fingerprint density at radius 1 is 1.13 bits per heavy atom. The van der Waals surface area contributed by atoms with Crippen molar-refractivity contribution >= 4 is 34.3 Å². The molecule has 3 rings (SSSR count). The fourth-order valence-corrected chi connectivity index (χ4v) is 3.27. The number of aromatic nitrogens is 2. The minimum Gasteiger partial charge on any atom is -0.464 e. The molecular formula is C22H26N4O4. The van der Waals surface area contributed by atoms with Gasteiger partial charge in [0, 0.05) is 26.1 Å². The number of methoxy groups -OCH3 is 2. The smallest absolute Gasteiger partial charge is 0.356 e. The van der Waals surface area contributed by atoms with Gasteiger partial charge in [-0.3, -0.25) is 4.79 Å². The highest BCUT2D eigenvalue weighted by Gasteiger charge is 2.24. The molecule has 3 aromatic rings. The van der Waals surface area contributed by atoms with Crippen LogP contribution in [-0.4, -0.2) is 42.3 Å². The van der Waals surface area contributed by atoms with Gasteiger partial charge < -0.3 is 24.7 Å². The topological polar surface area (TPSA) is 94.5 Å². The first-order chi connectivity index (χ1) is 14.5. The van der Waals surface area contributed by atoms with Gasteiger partial charge in [-0.05, 0) is 23.6 Å². The summed E-state index contributed by atoms with van der Waals surface area (Å²) in [6.07, 6.45) is 2.70. The molecule has 0 aliphatic heterocycles. The Morgan fingerprint density at radius 2 is 1.83 bits per heavy atom. The van der Waals surface area contributed by atoms with Gasteiger partial charge in [0.1, 0.15) is 12.3 Å². The van der Waals surface area contributed by atoms with Crippen molar-refractivity contribution in [1.29, 1.82) is 0 Å². The summed E-state index contributed by atoms with van der Waals surface area (Å²) in [6, 6.07) is 10.3. The molecule has 0 aliphatic carbocycles. The number of anilines is 2. The summed E-state index contributed by atoms with van der Waals surface area (Å²) in [5.74, 6) is -0.932. The molecular weight excluding hydrogens is 384 g/mol. The molecule has 0 radical (unpaired) electrons. The average Bonchev–Trinajstić information content (AvgIpc) is 3.03. The fourth-order valence-electron chi connectivity index (χ4n) is 3.27. The lowest BCUT2D eigenvalue weighted by Gasteiger charge is -2.08. The maximum absolute atomic E-state index is 12.3. The van der Waals surface area contributed by atoms with Crippen LogP contribution in [0.25, 0.3) is 11.0 Å². The summed E-state index contributed by atoms with van der Waals surface area (Å²) < 4.78 is 11.4. The van der Waals surface area contributed by atoms with Gasteiger partial charge in [0.15, 0.2) is 5.69 Å². The predicted octanol–water partition coefficient (Wildman–Crippen LogP) is 3.12. The SMILES string of the molecule is CCc1ccc(CNc2cnc3c(c2)c(NC(=O)COC)c(C(=O)OC)n3C)cc1. The molecule has 158 valence electrons. The molecule has 0 spiro atoms. The van der Waals surface area contributed by atoms with Crippen LogP contribution in [0.5, 0.6) is 0 Å². The van der Waals surface area contributed by atoms with Crippen LogP contribution >= 0.6 is 0 Å². The monoisotopic (exact) mass is 410 g/mol. The van der Waals surface area contributed by atoms with E-state index >= 15 is 0 Å². The number of ether oxygens (including phenoxy) is 2. The molecule has 2 heterocycles. The van der Waals surface area contributed by atoms with Crippen LogP contribution in [0.15, 0.2) is 36.5 Å². The van der Waals surface area contributed by atoms with Crippen molar-refractivity contribution in [3.8, 4) is 0 Å². The normalized spacial score (nSPS) is 10.8. The maximum Gasteiger partial charge on any atom is 0.356 e. The van der Waals surface area contributed by atoms with E-state index in [1.54, 1.807) is 17.8 Å². The lowest BCUT2D eigenvalue weighted by molar-refractivity contribution is -0.119. The van der Waals surface area contributed by atoms with Gasteiger partial charge in [0.2, 0.25) is 5.91 Å². The first kappa shape index (κ1) is 21.3. The second-order valence-electron chi connectivity index (χ2n) is 6.87. The first-order valence-electron chi connectivity index (χ1n) is 9.65. The molecule has 2 aromatic heterocycles. The van der Waals surface area contributed by atoms with Crippen molar-refractivity contribution in [3.05, 3.63) is 53.3 Å². The van der Waals surface area contributed by atoms with Gasteiger partial charge in [0.05, 0.1) is 24.7 Å². The number of pyridine rings is 1. The number of aryl methyl sites for hydroxylation is 2. The molecule has 2 N–H and O–H groups in total. The lowest BCUT2D eigenvalue weighted by atomic mass is 10.1. The Morgan fingerprint density at radius 3 is 2.47 bits per heavy atom. The molecule has 0 saturated heterocycles. The zero-order chi connectivity index (χ0) is 21.7. The van der Waals surface area contributed by atoms with Gasteiger partial charge >= 0.3 is 5.97 Å². The molecule has 1 aromatic carbocycles. The summed E-state index contributed by atoms with van der Waals surface area (Å²) in [7, 11) is 4.43.